The third-order valence-corrected chi connectivity index (χ3v) is 7.17. The topological polar surface area (TPSA) is 86.0 Å². The molecule has 3 aromatic carbocycles. The summed E-state index contributed by atoms with van der Waals surface area (Å²) < 4.78 is 12.9. The lowest BCUT2D eigenvalue weighted by molar-refractivity contribution is -0.133. The van der Waals surface area contributed by atoms with E-state index in [0.29, 0.717) is 23.6 Å². The van der Waals surface area contributed by atoms with Gasteiger partial charge in [-0.3, -0.25) is 9.59 Å². The number of hydrogen-bond donors (Lipinski definition) is 0. The van der Waals surface area contributed by atoms with Crippen LogP contribution in [0.1, 0.15) is 29.2 Å². The maximum absolute atomic E-state index is 13.7. The molecule has 9 heteroatoms. The highest BCUT2D eigenvalue weighted by atomic mass is 79.9. The lowest BCUT2D eigenvalue weighted by Gasteiger charge is -2.22. The van der Waals surface area contributed by atoms with Crippen molar-refractivity contribution in [2.75, 3.05) is 14.2 Å². The highest BCUT2D eigenvalue weighted by Crippen LogP contribution is 2.34. The number of aryl methyl sites for hydroxylation is 1. The van der Waals surface area contributed by atoms with Crippen molar-refractivity contribution in [3.8, 4) is 22.8 Å². The number of carbonyl (C=O) groups excluding carboxylic acids is 1. The van der Waals surface area contributed by atoms with Gasteiger partial charge in [0.05, 0.1) is 31.7 Å². The summed E-state index contributed by atoms with van der Waals surface area (Å²) in [6.07, 6.45) is 0.560. The van der Waals surface area contributed by atoms with E-state index in [-0.39, 0.29) is 24.1 Å². The summed E-state index contributed by atoms with van der Waals surface area (Å²) in [5, 5.41) is 10.7. The van der Waals surface area contributed by atoms with Crippen molar-refractivity contribution in [1.82, 2.24) is 14.8 Å². The molecule has 8 nitrogen and oxygen atoms in total. The summed E-state index contributed by atoms with van der Waals surface area (Å²) in [6.45, 7) is 1.77. The van der Waals surface area contributed by atoms with Crippen LogP contribution >= 0.6 is 15.9 Å². The third-order valence-electron chi connectivity index (χ3n) is 6.64. The van der Waals surface area contributed by atoms with Gasteiger partial charge in [0.1, 0.15) is 6.54 Å². The first kappa shape index (κ1) is 26.4. The molecule has 0 saturated heterocycles. The Morgan fingerprint density at radius 2 is 1.62 bits per heavy atom. The minimum atomic E-state index is -0.379. The van der Waals surface area contributed by atoms with Gasteiger partial charge in [-0.2, -0.15) is 10.2 Å². The van der Waals surface area contributed by atoms with Gasteiger partial charge < -0.3 is 9.47 Å². The monoisotopic (exact) mass is 586 g/mol. The smallest absolute Gasteiger partial charge is 0.267 e. The van der Waals surface area contributed by atoms with Crippen molar-refractivity contribution in [2.45, 2.75) is 25.9 Å². The number of benzene rings is 3. The van der Waals surface area contributed by atoms with Crippen molar-refractivity contribution in [3.05, 3.63) is 110 Å². The molecular weight excluding hydrogens is 560 g/mol. The average Bonchev–Trinajstić information content (AvgIpc) is 3.40. The van der Waals surface area contributed by atoms with Crippen LogP contribution in [-0.2, 0) is 11.3 Å². The van der Waals surface area contributed by atoms with Gasteiger partial charge in [0.15, 0.2) is 11.5 Å². The molecule has 1 unspecified atom stereocenters. The molecule has 198 valence electrons. The van der Waals surface area contributed by atoms with Gasteiger partial charge in [0, 0.05) is 22.5 Å². The quantitative estimate of drug-likeness (QED) is 0.290. The zero-order chi connectivity index (χ0) is 27.5. The Kier molecular flexibility index (Phi) is 7.60. The molecular formula is C30H27BrN4O4. The van der Waals surface area contributed by atoms with Crippen LogP contribution in [-0.4, -0.2) is 40.6 Å². The zero-order valence-electron chi connectivity index (χ0n) is 21.8. The van der Waals surface area contributed by atoms with Gasteiger partial charge in [-0.1, -0.05) is 57.9 Å². The van der Waals surface area contributed by atoms with Gasteiger partial charge in [-0.15, -0.1) is 0 Å². The van der Waals surface area contributed by atoms with Gasteiger partial charge in [0.25, 0.3) is 11.5 Å². The van der Waals surface area contributed by atoms with E-state index in [2.05, 4.69) is 21.0 Å². The average molecular weight is 587 g/mol. The molecule has 0 bridgehead atoms. The maximum atomic E-state index is 13.7. The molecule has 5 rings (SSSR count). The molecule has 2 heterocycles. The fourth-order valence-electron chi connectivity index (χ4n) is 4.52. The molecule has 1 atom stereocenters. The van der Waals surface area contributed by atoms with E-state index in [1.807, 2.05) is 61.5 Å². The zero-order valence-corrected chi connectivity index (χ0v) is 23.4. The number of carbonyl (C=O) groups is 1. The minimum Gasteiger partial charge on any atom is -0.493 e. The number of methoxy groups -OCH3 is 2. The highest BCUT2D eigenvalue weighted by Gasteiger charge is 2.33. The number of hydrazone groups is 1. The van der Waals surface area contributed by atoms with Gasteiger partial charge in [-0.05, 0) is 54.4 Å². The molecule has 4 aromatic rings. The molecule has 39 heavy (non-hydrogen) atoms. The highest BCUT2D eigenvalue weighted by molar-refractivity contribution is 9.10. The molecule has 0 aliphatic carbocycles. The van der Waals surface area contributed by atoms with Crippen LogP contribution in [0.4, 0.5) is 0 Å². The molecule has 1 aromatic heterocycles. The summed E-state index contributed by atoms with van der Waals surface area (Å²) in [4.78, 5) is 26.4. The Bertz CT molecular complexity index is 1600. The van der Waals surface area contributed by atoms with Crippen molar-refractivity contribution >= 4 is 27.5 Å². The predicted octanol–water partition coefficient (Wildman–Crippen LogP) is 5.38. The van der Waals surface area contributed by atoms with Crippen molar-refractivity contribution in [1.29, 1.82) is 0 Å². The number of ether oxygens (including phenoxy) is 2. The molecule has 0 fully saturated rings. The summed E-state index contributed by atoms with van der Waals surface area (Å²) in [5.41, 5.74) is 4.73. The van der Waals surface area contributed by atoms with Crippen molar-refractivity contribution in [3.63, 3.8) is 0 Å². The van der Waals surface area contributed by atoms with Crippen LogP contribution in [0.5, 0.6) is 11.5 Å². The molecule has 0 N–H and O–H groups in total. The molecule has 0 radical (unpaired) electrons. The number of aromatic nitrogens is 2. The second-order valence-electron chi connectivity index (χ2n) is 9.21. The normalized spacial score (nSPS) is 14.7. The van der Waals surface area contributed by atoms with Crippen molar-refractivity contribution in [2.24, 2.45) is 5.10 Å². The van der Waals surface area contributed by atoms with Crippen LogP contribution in [0.15, 0.2) is 93.2 Å². The standard InChI is InChI=1S/C30H27BrN4O4/c1-19-4-6-21(7-5-19)26-17-25(20-8-11-23(31)12-9-20)33-35(26)30(37)18-34-29(36)15-13-24(32-34)22-10-14-27(38-2)28(16-22)39-3/h4-16,26H,17-18H2,1-3H3. The second-order valence-corrected chi connectivity index (χ2v) is 10.1. The summed E-state index contributed by atoms with van der Waals surface area (Å²) in [5.74, 6) is 0.797. The molecule has 0 saturated carbocycles. The van der Waals surface area contributed by atoms with Crippen LogP contribution in [0, 0.1) is 6.92 Å². The summed E-state index contributed by atoms with van der Waals surface area (Å²) in [6, 6.07) is 24.0. The SMILES string of the molecule is COc1ccc(-c2ccc(=O)n(CC(=O)N3N=C(c4ccc(Br)cc4)CC3c3ccc(C)cc3)n2)cc1OC. The lowest BCUT2D eigenvalue weighted by atomic mass is 9.98. The van der Waals surface area contributed by atoms with Gasteiger partial charge in [0.2, 0.25) is 0 Å². The van der Waals surface area contributed by atoms with E-state index in [9.17, 15) is 9.59 Å². The van der Waals surface area contributed by atoms with Crippen molar-refractivity contribution < 1.29 is 14.3 Å². The summed E-state index contributed by atoms with van der Waals surface area (Å²) >= 11 is 3.47. The van der Waals surface area contributed by atoms with E-state index in [0.717, 1.165) is 32.4 Å². The number of halogens is 1. The van der Waals surface area contributed by atoms with E-state index < -0.39 is 0 Å². The fourth-order valence-corrected chi connectivity index (χ4v) is 4.78. The van der Waals surface area contributed by atoms with Crippen LogP contribution < -0.4 is 15.0 Å². The largest absolute Gasteiger partial charge is 0.493 e. The second kappa shape index (κ2) is 11.2. The van der Waals surface area contributed by atoms with E-state index in [4.69, 9.17) is 14.6 Å². The number of nitrogens with zero attached hydrogens (tertiary/aromatic N) is 4. The Hall–Kier alpha value is -4.24. The Balaban J connectivity index is 1.46. The fraction of sp³-hybridized carbons (Fsp3) is 0.200. The first-order valence-electron chi connectivity index (χ1n) is 12.4. The Labute approximate surface area is 234 Å². The third kappa shape index (κ3) is 5.63. The number of rotatable bonds is 7. The Morgan fingerprint density at radius 1 is 0.923 bits per heavy atom. The maximum Gasteiger partial charge on any atom is 0.267 e. The molecule has 1 aliphatic rings. The molecule has 1 amide bonds. The van der Waals surface area contributed by atoms with Crippen LogP contribution in [0.25, 0.3) is 11.3 Å². The van der Waals surface area contributed by atoms with Crippen LogP contribution in [0.3, 0.4) is 0 Å². The minimum absolute atomic E-state index is 0.251. The Morgan fingerprint density at radius 3 is 2.31 bits per heavy atom. The van der Waals surface area contributed by atoms with Gasteiger partial charge in [-0.25, -0.2) is 9.69 Å². The number of amides is 1. The lowest BCUT2D eigenvalue weighted by Crippen LogP contribution is -2.34. The van der Waals surface area contributed by atoms with E-state index in [1.165, 1.54) is 15.8 Å². The number of hydrogen-bond acceptors (Lipinski definition) is 6. The van der Waals surface area contributed by atoms with E-state index in [1.54, 1.807) is 32.4 Å². The summed E-state index contributed by atoms with van der Waals surface area (Å²) in [7, 11) is 3.12. The molecule has 0 spiro atoms. The predicted molar refractivity (Wildman–Crippen MR) is 153 cm³/mol. The first-order chi connectivity index (χ1) is 18.9. The first-order valence-corrected chi connectivity index (χ1v) is 13.2. The van der Waals surface area contributed by atoms with Crippen LogP contribution in [0.2, 0.25) is 0 Å². The van der Waals surface area contributed by atoms with Gasteiger partial charge >= 0.3 is 0 Å². The van der Waals surface area contributed by atoms with E-state index >= 15 is 0 Å². The molecule has 1 aliphatic heterocycles.